The van der Waals surface area contributed by atoms with Crippen LogP contribution in [0.2, 0.25) is 0 Å². The Morgan fingerprint density at radius 3 is 2.64 bits per heavy atom. The van der Waals surface area contributed by atoms with Gasteiger partial charge in [0.25, 0.3) is 0 Å². The van der Waals surface area contributed by atoms with Gasteiger partial charge >= 0.3 is 6.03 Å². The summed E-state index contributed by atoms with van der Waals surface area (Å²) in [6, 6.07) is 6.03. The number of methoxy groups -OCH3 is 1. The molecule has 0 saturated carbocycles. The summed E-state index contributed by atoms with van der Waals surface area (Å²) < 4.78 is 30.9. The summed E-state index contributed by atoms with van der Waals surface area (Å²) in [5, 5.41) is 5.35. The van der Waals surface area contributed by atoms with Crippen molar-refractivity contribution in [1.82, 2.24) is 5.32 Å². The molecule has 0 saturated heterocycles. The second kappa shape index (κ2) is 8.60. The van der Waals surface area contributed by atoms with E-state index in [0.29, 0.717) is 24.4 Å². The third-order valence-corrected chi connectivity index (χ3v) is 4.15. The van der Waals surface area contributed by atoms with Gasteiger partial charge in [-0.15, -0.1) is 0 Å². The highest BCUT2D eigenvalue weighted by Gasteiger charge is 2.10. The molecule has 0 bridgehead atoms. The van der Waals surface area contributed by atoms with Gasteiger partial charge in [-0.05, 0) is 31.5 Å². The van der Waals surface area contributed by atoms with Crippen molar-refractivity contribution in [1.29, 1.82) is 0 Å². The molecule has 0 aliphatic rings. The molecule has 0 aliphatic heterocycles. The van der Waals surface area contributed by atoms with E-state index in [1.54, 1.807) is 38.3 Å². The van der Waals surface area contributed by atoms with Crippen molar-refractivity contribution in [2.75, 3.05) is 29.5 Å². The molecule has 7 nitrogen and oxygen atoms in total. The number of benzene rings is 1. The zero-order valence-electron chi connectivity index (χ0n) is 13.0. The van der Waals surface area contributed by atoms with Gasteiger partial charge in [-0.1, -0.05) is 13.0 Å². The Labute approximate surface area is 131 Å². The first-order valence-electron chi connectivity index (χ1n) is 7.03. The lowest BCUT2D eigenvalue weighted by atomic mass is 10.3. The number of carbonyl (C=O) groups excluding carboxylic acids is 1. The largest absolute Gasteiger partial charge is 0.383 e. The molecule has 1 unspecified atom stereocenters. The quantitative estimate of drug-likeness (QED) is 0.679. The first-order valence-corrected chi connectivity index (χ1v) is 8.68. The van der Waals surface area contributed by atoms with E-state index in [9.17, 15) is 13.2 Å². The van der Waals surface area contributed by atoms with Crippen LogP contribution < -0.4 is 15.4 Å². The van der Waals surface area contributed by atoms with E-state index in [2.05, 4.69) is 15.4 Å². The number of amides is 2. The van der Waals surface area contributed by atoms with Crippen LogP contribution in [-0.4, -0.2) is 40.0 Å². The van der Waals surface area contributed by atoms with Gasteiger partial charge in [-0.3, -0.25) is 4.72 Å². The summed E-state index contributed by atoms with van der Waals surface area (Å²) in [5.41, 5.74) is 0.912. The van der Waals surface area contributed by atoms with Crippen molar-refractivity contribution in [3.05, 3.63) is 24.3 Å². The number of rotatable bonds is 8. The predicted octanol–water partition coefficient (Wildman–Crippen LogP) is 1.99. The van der Waals surface area contributed by atoms with Crippen LogP contribution in [0.3, 0.4) is 0 Å². The third kappa shape index (κ3) is 6.77. The summed E-state index contributed by atoms with van der Waals surface area (Å²) >= 11 is 0. The second-order valence-electron chi connectivity index (χ2n) is 4.96. The smallest absolute Gasteiger partial charge is 0.319 e. The average molecular weight is 329 g/mol. The number of carbonyl (C=O) groups is 1. The van der Waals surface area contributed by atoms with Gasteiger partial charge in [-0.2, -0.15) is 0 Å². The van der Waals surface area contributed by atoms with Crippen LogP contribution in [0.15, 0.2) is 24.3 Å². The fraction of sp³-hybridized carbons (Fsp3) is 0.500. The van der Waals surface area contributed by atoms with Crippen molar-refractivity contribution in [2.45, 2.75) is 26.3 Å². The highest BCUT2D eigenvalue weighted by Crippen LogP contribution is 2.16. The molecule has 0 aromatic heterocycles. The lowest BCUT2D eigenvalue weighted by Crippen LogP contribution is -2.38. The normalized spacial score (nSPS) is 12.5. The van der Waals surface area contributed by atoms with Gasteiger partial charge in [0.15, 0.2) is 0 Å². The van der Waals surface area contributed by atoms with Crippen molar-refractivity contribution < 1.29 is 17.9 Å². The Hall–Kier alpha value is -1.80. The highest BCUT2D eigenvalue weighted by molar-refractivity contribution is 7.92. The first-order chi connectivity index (χ1) is 10.4. The predicted molar refractivity (Wildman–Crippen MR) is 87.6 cm³/mol. The Morgan fingerprint density at radius 1 is 1.32 bits per heavy atom. The van der Waals surface area contributed by atoms with Crippen LogP contribution in [-0.2, 0) is 14.8 Å². The molecule has 8 heteroatoms. The average Bonchev–Trinajstić information content (AvgIpc) is 2.38. The van der Waals surface area contributed by atoms with E-state index in [-0.39, 0.29) is 17.8 Å². The van der Waals surface area contributed by atoms with E-state index >= 15 is 0 Å². The van der Waals surface area contributed by atoms with E-state index in [0.717, 1.165) is 0 Å². The standard InChI is InChI=1S/C14H23N3O4S/c1-4-8-22(19,20)17-13-7-5-6-12(9-13)16-14(18)15-11(2)10-21-3/h5-7,9,11,17H,4,8,10H2,1-3H3,(H2,15,16,18). The Kier molecular flexibility index (Phi) is 7.13. The molecule has 3 N–H and O–H groups in total. The molecule has 0 fully saturated rings. The summed E-state index contributed by atoms with van der Waals surface area (Å²) in [7, 11) is -1.79. The number of anilines is 2. The van der Waals surface area contributed by atoms with Crippen molar-refractivity contribution in [3.63, 3.8) is 0 Å². The van der Waals surface area contributed by atoms with E-state index in [4.69, 9.17) is 4.74 Å². The van der Waals surface area contributed by atoms with Gasteiger partial charge < -0.3 is 15.4 Å². The highest BCUT2D eigenvalue weighted by atomic mass is 32.2. The summed E-state index contributed by atoms with van der Waals surface area (Å²) in [6.45, 7) is 4.02. The Balaban J connectivity index is 2.66. The van der Waals surface area contributed by atoms with Crippen LogP contribution in [0.1, 0.15) is 20.3 Å². The molecule has 1 aromatic carbocycles. The fourth-order valence-electron chi connectivity index (χ4n) is 1.84. The minimum atomic E-state index is -3.35. The lowest BCUT2D eigenvalue weighted by molar-refractivity contribution is 0.173. The number of nitrogens with one attached hydrogen (secondary N) is 3. The summed E-state index contributed by atoms with van der Waals surface area (Å²) in [6.07, 6.45) is 0.535. The van der Waals surface area contributed by atoms with Gasteiger partial charge in [0, 0.05) is 12.8 Å². The SMILES string of the molecule is CCCS(=O)(=O)Nc1cccc(NC(=O)NC(C)COC)c1. The monoisotopic (exact) mass is 329 g/mol. The van der Waals surface area contributed by atoms with Crippen molar-refractivity contribution in [3.8, 4) is 0 Å². The number of sulfonamides is 1. The molecule has 0 spiro atoms. The van der Waals surface area contributed by atoms with E-state index in [1.165, 1.54) is 0 Å². The van der Waals surface area contributed by atoms with Gasteiger partial charge in [0.2, 0.25) is 10.0 Å². The Bertz CT molecular complexity index is 590. The van der Waals surface area contributed by atoms with Crippen molar-refractivity contribution in [2.24, 2.45) is 0 Å². The molecular weight excluding hydrogens is 306 g/mol. The van der Waals surface area contributed by atoms with E-state index in [1.807, 2.05) is 6.92 Å². The summed E-state index contributed by atoms with van der Waals surface area (Å²) in [5.74, 6) is 0.0552. The van der Waals surface area contributed by atoms with E-state index < -0.39 is 10.0 Å². The molecule has 1 aromatic rings. The van der Waals surface area contributed by atoms with Gasteiger partial charge in [0.05, 0.1) is 24.1 Å². The lowest BCUT2D eigenvalue weighted by Gasteiger charge is -2.14. The molecular formula is C14H23N3O4S. The zero-order valence-corrected chi connectivity index (χ0v) is 13.9. The van der Waals surface area contributed by atoms with Crippen molar-refractivity contribution >= 4 is 27.4 Å². The zero-order chi connectivity index (χ0) is 16.6. The number of hydrogen-bond donors (Lipinski definition) is 3. The maximum absolute atomic E-state index is 11.8. The number of hydrogen-bond acceptors (Lipinski definition) is 4. The number of ether oxygens (including phenoxy) is 1. The molecule has 0 radical (unpaired) electrons. The maximum atomic E-state index is 11.8. The van der Waals surface area contributed by atoms with Crippen LogP contribution in [0.4, 0.5) is 16.2 Å². The minimum absolute atomic E-state index is 0.0552. The Morgan fingerprint density at radius 2 is 2.00 bits per heavy atom. The fourth-order valence-corrected chi connectivity index (χ4v) is 2.97. The van der Waals surface area contributed by atoms with Gasteiger partial charge in [-0.25, -0.2) is 13.2 Å². The molecule has 124 valence electrons. The molecule has 1 atom stereocenters. The number of urea groups is 1. The van der Waals surface area contributed by atoms with Crippen LogP contribution in [0, 0.1) is 0 Å². The molecule has 2 amide bonds. The summed E-state index contributed by atoms with van der Waals surface area (Å²) in [4.78, 5) is 11.8. The van der Waals surface area contributed by atoms with Crippen LogP contribution in [0.25, 0.3) is 0 Å². The van der Waals surface area contributed by atoms with Gasteiger partial charge in [0.1, 0.15) is 0 Å². The molecule has 22 heavy (non-hydrogen) atoms. The second-order valence-corrected chi connectivity index (χ2v) is 6.80. The van der Waals surface area contributed by atoms with Crippen LogP contribution in [0.5, 0.6) is 0 Å². The molecule has 1 rings (SSSR count). The molecule has 0 aliphatic carbocycles. The third-order valence-electron chi connectivity index (χ3n) is 2.66. The maximum Gasteiger partial charge on any atom is 0.319 e. The topological polar surface area (TPSA) is 96.5 Å². The van der Waals surface area contributed by atoms with Crippen LogP contribution >= 0.6 is 0 Å². The first kappa shape index (κ1) is 18.2. The minimum Gasteiger partial charge on any atom is -0.383 e. The molecule has 0 heterocycles.